The van der Waals surface area contributed by atoms with E-state index in [1.807, 2.05) is 6.92 Å². The van der Waals surface area contributed by atoms with Gasteiger partial charge < -0.3 is 10.6 Å². The van der Waals surface area contributed by atoms with E-state index in [0.29, 0.717) is 18.5 Å². The van der Waals surface area contributed by atoms with E-state index >= 15 is 0 Å². The minimum atomic E-state index is -3.83. The van der Waals surface area contributed by atoms with Crippen molar-refractivity contribution >= 4 is 32.9 Å². The molecule has 0 fully saturated rings. The molecule has 2 aromatic heterocycles. The number of carbonyl (C=O) groups excluding carboxylic acids is 1. The molecular weight excluding hydrogens is 427 g/mol. The third-order valence-corrected chi connectivity index (χ3v) is 6.26. The van der Waals surface area contributed by atoms with Crippen molar-refractivity contribution in [2.45, 2.75) is 32.0 Å². The first-order valence-corrected chi connectivity index (χ1v) is 11.3. The zero-order chi connectivity index (χ0) is 22.9. The summed E-state index contributed by atoms with van der Waals surface area (Å²) in [4.78, 5) is 35.5. The number of halogens is 1. The van der Waals surface area contributed by atoms with Gasteiger partial charge in [-0.3, -0.25) is 4.57 Å². The molecule has 0 spiro atoms. The average Bonchev–Trinajstić information content (AvgIpc) is 3.01. The maximum atomic E-state index is 13.3. The molecule has 166 valence electrons. The highest BCUT2D eigenvalue weighted by atomic mass is 32.2. The van der Waals surface area contributed by atoms with Crippen molar-refractivity contribution in [2.24, 2.45) is 0 Å². The van der Waals surface area contributed by atoms with E-state index < -0.39 is 32.5 Å². The minimum Gasteiger partial charge on any atom is -0.382 e. The van der Waals surface area contributed by atoms with Crippen molar-refractivity contribution < 1.29 is 17.6 Å². The molecular formula is C19H23FN6O4S. The second-order valence-corrected chi connectivity index (χ2v) is 9.17. The number of nitrogens with two attached hydrogens (primary N) is 1. The van der Waals surface area contributed by atoms with Gasteiger partial charge in [0.15, 0.2) is 11.5 Å². The molecule has 3 rings (SSSR count). The number of anilines is 1. The van der Waals surface area contributed by atoms with Gasteiger partial charge in [-0.15, -0.1) is 0 Å². The number of benzene rings is 1. The molecule has 0 aliphatic heterocycles. The van der Waals surface area contributed by atoms with Crippen molar-refractivity contribution in [1.29, 1.82) is 0 Å². The van der Waals surface area contributed by atoms with Gasteiger partial charge in [0.25, 0.3) is 5.16 Å². The third kappa shape index (κ3) is 4.15. The summed E-state index contributed by atoms with van der Waals surface area (Å²) in [7, 11) is -2.29. The topological polar surface area (TPSA) is 133 Å². The van der Waals surface area contributed by atoms with Crippen LogP contribution < -0.4 is 11.4 Å². The molecule has 0 atom stereocenters. The number of rotatable bonds is 6. The summed E-state index contributed by atoms with van der Waals surface area (Å²) in [6.07, 6.45) is 0.663. The Balaban J connectivity index is 2.32. The van der Waals surface area contributed by atoms with Gasteiger partial charge >= 0.3 is 11.7 Å². The lowest BCUT2D eigenvalue weighted by Gasteiger charge is -2.16. The number of imidazole rings is 1. The number of sulfone groups is 1. The van der Waals surface area contributed by atoms with E-state index in [0.717, 1.165) is 9.13 Å². The SMILES string of the molecule is CCCN(C)C(=O)n1c(=O)n(Cc2ccc(F)cc2)c2nc(S(=O)(=O)CC)nc(N)c21. The molecule has 0 aliphatic carbocycles. The maximum Gasteiger partial charge on any atom is 0.339 e. The number of nitrogens with zero attached hydrogens (tertiary/aromatic N) is 5. The Morgan fingerprint density at radius 2 is 1.84 bits per heavy atom. The van der Waals surface area contributed by atoms with Crippen molar-refractivity contribution in [1.82, 2.24) is 24.0 Å². The van der Waals surface area contributed by atoms with Crippen molar-refractivity contribution in [3.63, 3.8) is 0 Å². The molecule has 2 heterocycles. The van der Waals surface area contributed by atoms with Crippen LogP contribution in [-0.4, -0.2) is 57.8 Å². The van der Waals surface area contributed by atoms with Crippen molar-refractivity contribution in [2.75, 3.05) is 25.1 Å². The molecule has 0 saturated heterocycles. The molecule has 0 unspecified atom stereocenters. The van der Waals surface area contributed by atoms with E-state index in [1.165, 1.54) is 43.1 Å². The first kappa shape index (κ1) is 22.4. The van der Waals surface area contributed by atoms with E-state index in [2.05, 4.69) is 9.97 Å². The summed E-state index contributed by atoms with van der Waals surface area (Å²) < 4.78 is 39.9. The van der Waals surface area contributed by atoms with Crippen LogP contribution >= 0.6 is 0 Å². The first-order valence-electron chi connectivity index (χ1n) is 9.62. The van der Waals surface area contributed by atoms with Gasteiger partial charge in [-0.1, -0.05) is 26.0 Å². The molecule has 0 bridgehead atoms. The standard InChI is InChI=1S/C19H23FN6O4S/c1-4-10-24(3)18(27)26-14-15(21)22-17(31(29,30)5-2)23-16(14)25(19(26)28)11-12-6-8-13(20)9-7-12/h6-9H,4-5,10-11H2,1-3H3,(H2,21,22,23). The maximum absolute atomic E-state index is 13.3. The Kier molecular flexibility index (Phi) is 6.11. The third-order valence-electron chi connectivity index (χ3n) is 4.76. The largest absolute Gasteiger partial charge is 0.382 e. The van der Waals surface area contributed by atoms with E-state index in [4.69, 9.17) is 5.73 Å². The summed E-state index contributed by atoms with van der Waals surface area (Å²) in [5.41, 5.74) is 5.64. The number of carbonyl (C=O) groups is 1. The Morgan fingerprint density at radius 3 is 2.42 bits per heavy atom. The molecule has 12 heteroatoms. The highest BCUT2D eigenvalue weighted by molar-refractivity contribution is 7.91. The van der Waals surface area contributed by atoms with Gasteiger partial charge in [-0.05, 0) is 24.1 Å². The molecule has 2 N–H and O–H groups in total. The van der Waals surface area contributed by atoms with Gasteiger partial charge in [-0.25, -0.2) is 27.0 Å². The molecule has 10 nitrogen and oxygen atoms in total. The fourth-order valence-corrected chi connectivity index (χ4v) is 3.83. The van der Waals surface area contributed by atoms with Crippen LogP contribution in [0.1, 0.15) is 25.8 Å². The van der Waals surface area contributed by atoms with Crippen LogP contribution in [0, 0.1) is 5.82 Å². The zero-order valence-electron chi connectivity index (χ0n) is 17.4. The lowest BCUT2D eigenvalue weighted by Crippen LogP contribution is -2.38. The van der Waals surface area contributed by atoms with E-state index in [1.54, 1.807) is 0 Å². The van der Waals surface area contributed by atoms with Gasteiger partial charge in [0.05, 0.1) is 12.3 Å². The van der Waals surface area contributed by atoms with Gasteiger partial charge in [0.1, 0.15) is 11.3 Å². The Labute approximate surface area is 178 Å². The van der Waals surface area contributed by atoms with Crippen molar-refractivity contribution in [3.05, 3.63) is 46.1 Å². The molecule has 0 saturated carbocycles. The number of fused-ring (bicyclic) bond motifs is 1. The highest BCUT2D eigenvalue weighted by Gasteiger charge is 2.27. The number of hydrogen-bond donors (Lipinski definition) is 1. The average molecular weight is 450 g/mol. The molecule has 0 aliphatic rings. The second kappa shape index (κ2) is 8.46. The number of amides is 1. The number of hydrogen-bond acceptors (Lipinski definition) is 7. The van der Waals surface area contributed by atoms with E-state index in [-0.39, 0.29) is 29.3 Å². The van der Waals surface area contributed by atoms with Crippen LogP contribution in [0.2, 0.25) is 0 Å². The van der Waals surface area contributed by atoms with Crippen LogP contribution in [0.5, 0.6) is 0 Å². The van der Waals surface area contributed by atoms with Crippen LogP contribution in [0.4, 0.5) is 15.0 Å². The van der Waals surface area contributed by atoms with Crippen LogP contribution in [-0.2, 0) is 16.4 Å². The molecule has 31 heavy (non-hydrogen) atoms. The summed E-state index contributed by atoms with van der Waals surface area (Å²) in [6.45, 7) is 3.62. The van der Waals surface area contributed by atoms with Crippen molar-refractivity contribution in [3.8, 4) is 0 Å². The normalized spacial score (nSPS) is 11.7. The zero-order valence-corrected chi connectivity index (χ0v) is 18.2. The monoisotopic (exact) mass is 450 g/mol. The molecule has 1 aromatic carbocycles. The predicted molar refractivity (Wildman–Crippen MR) is 113 cm³/mol. The Hall–Kier alpha value is -3.28. The second-order valence-electron chi connectivity index (χ2n) is 7.00. The fraction of sp³-hybridized carbons (Fsp3) is 0.368. The number of nitrogen functional groups attached to an aromatic ring is 1. The van der Waals surface area contributed by atoms with Crippen LogP contribution in [0.25, 0.3) is 11.2 Å². The Morgan fingerprint density at radius 1 is 1.19 bits per heavy atom. The predicted octanol–water partition coefficient (Wildman–Crippen LogP) is 1.47. The quantitative estimate of drug-likeness (QED) is 0.562. The molecule has 3 aromatic rings. The lowest BCUT2D eigenvalue weighted by molar-refractivity contribution is 0.210. The molecule has 1 amide bonds. The summed E-state index contributed by atoms with van der Waals surface area (Å²) in [5, 5.41) is -0.528. The van der Waals surface area contributed by atoms with E-state index in [9.17, 15) is 22.4 Å². The molecule has 0 radical (unpaired) electrons. The summed E-state index contributed by atoms with van der Waals surface area (Å²) in [5.74, 6) is -1.01. The summed E-state index contributed by atoms with van der Waals surface area (Å²) in [6, 6.07) is 4.77. The van der Waals surface area contributed by atoms with Crippen LogP contribution in [0.3, 0.4) is 0 Å². The fourth-order valence-electron chi connectivity index (χ4n) is 3.11. The lowest BCUT2D eigenvalue weighted by atomic mass is 10.2. The van der Waals surface area contributed by atoms with Gasteiger partial charge in [-0.2, -0.15) is 9.97 Å². The minimum absolute atomic E-state index is 0.0740. The van der Waals surface area contributed by atoms with Gasteiger partial charge in [0.2, 0.25) is 9.84 Å². The smallest absolute Gasteiger partial charge is 0.339 e. The Bertz CT molecular complexity index is 1300. The highest BCUT2D eigenvalue weighted by Crippen LogP contribution is 2.21. The van der Waals surface area contributed by atoms with Gasteiger partial charge in [0, 0.05) is 13.6 Å². The first-order chi connectivity index (χ1) is 14.6. The number of aromatic nitrogens is 4. The summed E-state index contributed by atoms with van der Waals surface area (Å²) >= 11 is 0. The van der Waals surface area contributed by atoms with Crippen LogP contribution in [0.15, 0.2) is 34.2 Å².